The average Bonchev–Trinajstić information content (AvgIpc) is 3.20. The van der Waals surface area contributed by atoms with Crippen molar-refractivity contribution in [3.63, 3.8) is 0 Å². The van der Waals surface area contributed by atoms with E-state index in [4.69, 9.17) is 9.72 Å². The molecule has 168 valence electrons. The van der Waals surface area contributed by atoms with Crippen molar-refractivity contribution in [1.29, 1.82) is 0 Å². The van der Waals surface area contributed by atoms with Crippen LogP contribution in [0.1, 0.15) is 40.6 Å². The maximum Gasteiger partial charge on any atom is 0.263 e. The molecule has 0 radical (unpaired) electrons. The van der Waals surface area contributed by atoms with Crippen molar-refractivity contribution in [2.75, 3.05) is 37.7 Å². The van der Waals surface area contributed by atoms with Crippen molar-refractivity contribution in [3.8, 4) is 5.75 Å². The molecule has 1 amide bonds. The first-order valence-corrected chi connectivity index (χ1v) is 12.2. The number of amides is 1. The van der Waals surface area contributed by atoms with E-state index in [2.05, 4.69) is 4.90 Å². The van der Waals surface area contributed by atoms with Gasteiger partial charge < -0.3 is 14.5 Å². The number of carbonyl (C=O) groups is 1. The number of fused-ring (bicyclic) bond motifs is 3. The Hall–Kier alpha value is -2.87. The molecule has 0 unspecified atom stereocenters. The van der Waals surface area contributed by atoms with Crippen LogP contribution in [0.15, 0.2) is 29.1 Å². The van der Waals surface area contributed by atoms with Crippen LogP contribution in [-0.4, -0.2) is 53.1 Å². The molecule has 7 nitrogen and oxygen atoms in total. The van der Waals surface area contributed by atoms with E-state index >= 15 is 0 Å². The minimum Gasteiger partial charge on any atom is -0.494 e. The third-order valence-electron chi connectivity index (χ3n) is 6.43. The number of anilines is 1. The van der Waals surface area contributed by atoms with Gasteiger partial charge >= 0.3 is 0 Å². The van der Waals surface area contributed by atoms with Crippen molar-refractivity contribution in [2.45, 2.75) is 32.6 Å². The lowest BCUT2D eigenvalue weighted by molar-refractivity contribution is 0.0746. The summed E-state index contributed by atoms with van der Waals surface area (Å²) in [6, 6.07) is 7.31. The molecule has 2 aromatic heterocycles. The lowest BCUT2D eigenvalue weighted by atomic mass is 9.97. The zero-order valence-corrected chi connectivity index (χ0v) is 19.4. The molecule has 1 aromatic carbocycles. The van der Waals surface area contributed by atoms with Gasteiger partial charge in [-0.2, -0.15) is 0 Å². The summed E-state index contributed by atoms with van der Waals surface area (Å²) in [4.78, 5) is 37.2. The van der Waals surface area contributed by atoms with Crippen molar-refractivity contribution in [2.24, 2.45) is 7.05 Å². The molecule has 32 heavy (non-hydrogen) atoms. The number of ether oxygens (including phenoxy) is 1. The highest BCUT2D eigenvalue weighted by Gasteiger charge is 2.27. The first-order chi connectivity index (χ1) is 15.6. The molecule has 1 fully saturated rings. The van der Waals surface area contributed by atoms with Gasteiger partial charge in [-0.25, -0.2) is 4.98 Å². The van der Waals surface area contributed by atoms with Crippen LogP contribution in [0.4, 0.5) is 5.95 Å². The van der Waals surface area contributed by atoms with E-state index in [1.807, 2.05) is 43.1 Å². The average molecular weight is 453 g/mol. The Kier molecular flexibility index (Phi) is 5.63. The second kappa shape index (κ2) is 8.58. The summed E-state index contributed by atoms with van der Waals surface area (Å²) in [5.41, 5.74) is 1.94. The van der Waals surface area contributed by atoms with Crippen molar-refractivity contribution in [1.82, 2.24) is 14.5 Å². The SMILES string of the molecule is CCOc1ccc(C(=O)N2CCN(c3nc4sc5c(c4c(=O)n3C)CCCC5)CC2)cc1. The Balaban J connectivity index is 1.33. The highest BCUT2D eigenvalue weighted by atomic mass is 32.1. The summed E-state index contributed by atoms with van der Waals surface area (Å²) in [5, 5.41) is 0.820. The number of aryl methyl sites for hydroxylation is 2. The number of carbonyl (C=O) groups excluding carboxylic acids is 1. The number of aromatic nitrogens is 2. The van der Waals surface area contributed by atoms with E-state index in [0.717, 1.165) is 35.2 Å². The molecule has 0 spiro atoms. The van der Waals surface area contributed by atoms with Gasteiger partial charge in [0.2, 0.25) is 5.95 Å². The van der Waals surface area contributed by atoms with Crippen molar-refractivity contribution in [3.05, 3.63) is 50.6 Å². The molecular formula is C24H28N4O3S. The Bertz CT molecular complexity index is 1210. The van der Waals surface area contributed by atoms with Crippen molar-refractivity contribution < 1.29 is 9.53 Å². The van der Waals surface area contributed by atoms with Gasteiger partial charge in [0, 0.05) is 43.7 Å². The molecule has 1 aliphatic heterocycles. The largest absolute Gasteiger partial charge is 0.494 e. The fraction of sp³-hybridized carbons (Fsp3) is 0.458. The predicted molar refractivity (Wildman–Crippen MR) is 127 cm³/mol. The maximum absolute atomic E-state index is 13.2. The minimum atomic E-state index is 0.0240. The van der Waals surface area contributed by atoms with Gasteiger partial charge in [0.15, 0.2) is 0 Å². The van der Waals surface area contributed by atoms with Gasteiger partial charge in [-0.3, -0.25) is 14.2 Å². The highest BCUT2D eigenvalue weighted by molar-refractivity contribution is 7.18. The van der Waals surface area contributed by atoms with Crippen molar-refractivity contribution >= 4 is 33.4 Å². The first kappa shape index (κ1) is 21.0. The molecule has 0 saturated carbocycles. The normalized spacial score (nSPS) is 16.3. The van der Waals surface area contributed by atoms with Crippen LogP contribution in [0.5, 0.6) is 5.75 Å². The lowest BCUT2D eigenvalue weighted by Gasteiger charge is -2.35. The van der Waals surface area contributed by atoms with E-state index in [1.54, 1.807) is 15.9 Å². The highest BCUT2D eigenvalue weighted by Crippen LogP contribution is 2.34. The van der Waals surface area contributed by atoms with Gasteiger partial charge in [0.25, 0.3) is 11.5 Å². The number of benzene rings is 1. The zero-order chi connectivity index (χ0) is 22.2. The molecule has 0 bridgehead atoms. The predicted octanol–water partition coefficient (Wildman–Crippen LogP) is 3.23. The summed E-state index contributed by atoms with van der Waals surface area (Å²) in [5.74, 6) is 1.50. The van der Waals surface area contributed by atoms with E-state index in [-0.39, 0.29) is 11.5 Å². The molecule has 1 saturated heterocycles. The van der Waals surface area contributed by atoms with Gasteiger partial charge in [-0.15, -0.1) is 11.3 Å². The fourth-order valence-corrected chi connectivity index (χ4v) is 5.96. The van der Waals surface area contributed by atoms with Crippen LogP contribution in [-0.2, 0) is 19.9 Å². The molecule has 0 N–H and O–H groups in total. The molecule has 3 heterocycles. The third kappa shape index (κ3) is 3.66. The van der Waals surface area contributed by atoms with Crippen LogP contribution in [0.2, 0.25) is 0 Å². The quantitative estimate of drug-likeness (QED) is 0.608. The molecule has 1 aliphatic carbocycles. The van der Waals surface area contributed by atoms with Crippen LogP contribution in [0.25, 0.3) is 10.2 Å². The smallest absolute Gasteiger partial charge is 0.263 e. The molecule has 2 aliphatic rings. The Morgan fingerprint density at radius 3 is 2.53 bits per heavy atom. The topological polar surface area (TPSA) is 67.7 Å². The van der Waals surface area contributed by atoms with Crippen LogP contribution in [0.3, 0.4) is 0 Å². The second-order valence-electron chi connectivity index (χ2n) is 8.40. The van der Waals surface area contributed by atoms with Crippen LogP contribution >= 0.6 is 11.3 Å². The minimum absolute atomic E-state index is 0.0240. The number of thiophene rings is 1. The standard InChI is InChI=1S/C24H28N4O3S/c1-3-31-17-10-8-16(9-11-17)22(29)27-12-14-28(15-13-27)24-25-21-20(23(30)26(24)2)18-6-4-5-7-19(18)32-21/h8-11H,3-7,12-15H2,1-2H3. The monoisotopic (exact) mass is 452 g/mol. The van der Waals surface area contributed by atoms with E-state index < -0.39 is 0 Å². The molecule has 0 atom stereocenters. The summed E-state index contributed by atoms with van der Waals surface area (Å²) in [7, 11) is 1.81. The van der Waals surface area contributed by atoms with Gasteiger partial charge in [-0.1, -0.05) is 0 Å². The summed E-state index contributed by atoms with van der Waals surface area (Å²) in [6.07, 6.45) is 4.38. The van der Waals surface area contributed by atoms with Crippen LogP contribution < -0.4 is 15.2 Å². The second-order valence-corrected chi connectivity index (χ2v) is 9.49. The number of nitrogens with zero attached hydrogens (tertiary/aromatic N) is 4. The zero-order valence-electron chi connectivity index (χ0n) is 18.6. The Labute approximate surface area is 191 Å². The number of hydrogen-bond donors (Lipinski definition) is 0. The maximum atomic E-state index is 13.2. The molecular weight excluding hydrogens is 424 g/mol. The summed E-state index contributed by atoms with van der Waals surface area (Å²) >= 11 is 1.68. The summed E-state index contributed by atoms with van der Waals surface area (Å²) < 4.78 is 7.15. The van der Waals surface area contributed by atoms with E-state index in [0.29, 0.717) is 44.3 Å². The van der Waals surface area contributed by atoms with Crippen LogP contribution in [0, 0.1) is 0 Å². The Morgan fingerprint density at radius 2 is 1.81 bits per heavy atom. The number of hydrogen-bond acceptors (Lipinski definition) is 6. The Morgan fingerprint density at radius 1 is 1.09 bits per heavy atom. The van der Waals surface area contributed by atoms with Gasteiger partial charge in [-0.05, 0) is 62.4 Å². The van der Waals surface area contributed by atoms with Gasteiger partial charge in [0.05, 0.1) is 12.0 Å². The number of rotatable bonds is 4. The number of piperazine rings is 1. The molecule has 8 heteroatoms. The molecule has 5 rings (SSSR count). The molecule has 3 aromatic rings. The fourth-order valence-electron chi connectivity index (χ4n) is 4.71. The van der Waals surface area contributed by atoms with Gasteiger partial charge in [0.1, 0.15) is 10.6 Å². The van der Waals surface area contributed by atoms with E-state index in [9.17, 15) is 9.59 Å². The summed E-state index contributed by atoms with van der Waals surface area (Å²) in [6.45, 7) is 5.04. The first-order valence-electron chi connectivity index (χ1n) is 11.3. The van der Waals surface area contributed by atoms with E-state index in [1.165, 1.54) is 16.9 Å². The third-order valence-corrected chi connectivity index (χ3v) is 7.62. The lowest BCUT2D eigenvalue weighted by Crippen LogP contribution is -2.50.